The molecule has 0 saturated carbocycles. The first-order valence-corrected chi connectivity index (χ1v) is 4.54. The Bertz CT molecular complexity index is 345. The van der Waals surface area contributed by atoms with Gasteiger partial charge in [-0.2, -0.15) is 0 Å². The van der Waals surface area contributed by atoms with Crippen molar-refractivity contribution >= 4 is 5.91 Å². The van der Waals surface area contributed by atoms with E-state index in [0.29, 0.717) is 6.54 Å². The molecule has 1 rings (SSSR count). The van der Waals surface area contributed by atoms with Gasteiger partial charge in [0, 0.05) is 18.9 Å². The number of aryl methyl sites for hydroxylation is 1. The van der Waals surface area contributed by atoms with Gasteiger partial charge in [0.2, 0.25) is 5.91 Å². The summed E-state index contributed by atoms with van der Waals surface area (Å²) in [6.07, 6.45) is 6.73. The molecule has 0 radical (unpaired) electrons. The summed E-state index contributed by atoms with van der Waals surface area (Å²) in [5.74, 6) is -0.0734. The van der Waals surface area contributed by atoms with Gasteiger partial charge in [-0.15, -0.1) is 0 Å². The number of allylic oxidation sites excluding steroid dienone is 1. The smallest absolute Gasteiger partial charge is 0.243 e. The highest BCUT2D eigenvalue weighted by Crippen LogP contribution is 2.03. The highest BCUT2D eigenvalue weighted by Gasteiger charge is 1.98. The van der Waals surface area contributed by atoms with Crippen molar-refractivity contribution in [3.63, 3.8) is 0 Å². The predicted molar refractivity (Wildman–Crippen MR) is 55.6 cm³/mol. The average Bonchev–Trinajstić information content (AvgIpc) is 2.17. The lowest BCUT2D eigenvalue weighted by Crippen LogP contribution is -2.20. The van der Waals surface area contributed by atoms with E-state index >= 15 is 0 Å². The average molecular weight is 190 g/mol. The second-order valence-electron chi connectivity index (χ2n) is 3.02. The Balaban J connectivity index is 2.54. The van der Waals surface area contributed by atoms with Crippen molar-refractivity contribution in [1.29, 1.82) is 0 Å². The lowest BCUT2D eigenvalue weighted by molar-refractivity contribution is -0.116. The van der Waals surface area contributed by atoms with Crippen molar-refractivity contribution in [1.82, 2.24) is 10.3 Å². The zero-order chi connectivity index (χ0) is 10.4. The largest absolute Gasteiger partial charge is 0.348 e. The summed E-state index contributed by atoms with van der Waals surface area (Å²) in [4.78, 5) is 15.1. The van der Waals surface area contributed by atoms with Crippen LogP contribution in [0.5, 0.6) is 0 Å². The third kappa shape index (κ3) is 3.01. The van der Waals surface area contributed by atoms with E-state index in [2.05, 4.69) is 10.3 Å². The lowest BCUT2D eigenvalue weighted by Gasteiger charge is -2.04. The van der Waals surface area contributed by atoms with Crippen LogP contribution in [0.2, 0.25) is 0 Å². The van der Waals surface area contributed by atoms with Crippen LogP contribution in [0.25, 0.3) is 0 Å². The molecular weight excluding hydrogens is 176 g/mol. The van der Waals surface area contributed by atoms with Gasteiger partial charge in [-0.1, -0.05) is 6.08 Å². The molecule has 1 amide bonds. The van der Waals surface area contributed by atoms with Gasteiger partial charge in [0.05, 0.1) is 0 Å². The molecular formula is C11H14N2O. The molecule has 0 spiro atoms. The Morgan fingerprint density at radius 1 is 1.64 bits per heavy atom. The van der Waals surface area contributed by atoms with Gasteiger partial charge in [0.1, 0.15) is 0 Å². The molecule has 0 aromatic carbocycles. The van der Waals surface area contributed by atoms with Gasteiger partial charge >= 0.3 is 0 Å². The van der Waals surface area contributed by atoms with Gasteiger partial charge in [0.15, 0.2) is 0 Å². The van der Waals surface area contributed by atoms with Crippen LogP contribution in [0.4, 0.5) is 0 Å². The maximum atomic E-state index is 11.1. The number of carbonyl (C=O) groups excluding carboxylic acids is 1. The fourth-order valence-corrected chi connectivity index (χ4v) is 1.07. The number of amides is 1. The van der Waals surface area contributed by atoms with Gasteiger partial charge in [0.25, 0.3) is 0 Å². The Morgan fingerprint density at radius 3 is 3.07 bits per heavy atom. The number of rotatable bonds is 3. The summed E-state index contributed by atoms with van der Waals surface area (Å²) in [5, 5.41) is 2.77. The van der Waals surface area contributed by atoms with Crippen molar-refractivity contribution in [2.75, 3.05) is 0 Å². The van der Waals surface area contributed by atoms with E-state index < -0.39 is 0 Å². The summed E-state index contributed by atoms with van der Waals surface area (Å²) >= 11 is 0. The molecule has 0 atom stereocenters. The molecule has 0 aliphatic rings. The molecule has 74 valence electrons. The highest BCUT2D eigenvalue weighted by atomic mass is 16.1. The van der Waals surface area contributed by atoms with Crippen molar-refractivity contribution in [3.05, 3.63) is 41.7 Å². The van der Waals surface area contributed by atoms with Crippen LogP contribution in [0.1, 0.15) is 18.1 Å². The quantitative estimate of drug-likeness (QED) is 0.735. The van der Waals surface area contributed by atoms with E-state index in [-0.39, 0.29) is 5.91 Å². The first-order valence-electron chi connectivity index (χ1n) is 4.54. The highest BCUT2D eigenvalue weighted by molar-refractivity contribution is 5.87. The molecule has 0 unspecified atom stereocenters. The van der Waals surface area contributed by atoms with E-state index in [4.69, 9.17) is 0 Å². The zero-order valence-electron chi connectivity index (χ0n) is 8.45. The number of hydrogen-bond acceptors (Lipinski definition) is 2. The minimum atomic E-state index is -0.0734. The number of pyridine rings is 1. The first-order chi connectivity index (χ1) is 6.74. The van der Waals surface area contributed by atoms with Crippen LogP contribution in [-0.2, 0) is 11.3 Å². The topological polar surface area (TPSA) is 42.0 Å². The molecule has 3 heteroatoms. The van der Waals surface area contributed by atoms with Crippen LogP contribution < -0.4 is 5.32 Å². The Labute approximate surface area is 83.9 Å². The van der Waals surface area contributed by atoms with Gasteiger partial charge in [-0.25, -0.2) is 0 Å². The lowest BCUT2D eigenvalue weighted by atomic mass is 10.1. The van der Waals surface area contributed by atoms with Crippen LogP contribution in [0, 0.1) is 6.92 Å². The summed E-state index contributed by atoms with van der Waals surface area (Å²) in [6, 6.07) is 1.93. The molecule has 0 bridgehead atoms. The van der Waals surface area contributed by atoms with Crippen LogP contribution >= 0.6 is 0 Å². The number of hydrogen-bond donors (Lipinski definition) is 1. The maximum absolute atomic E-state index is 11.1. The van der Waals surface area contributed by atoms with Crippen molar-refractivity contribution in [2.24, 2.45) is 0 Å². The summed E-state index contributed by atoms with van der Waals surface area (Å²) in [7, 11) is 0. The molecule has 1 aromatic rings. The minimum Gasteiger partial charge on any atom is -0.348 e. The third-order valence-electron chi connectivity index (χ3n) is 1.92. The molecule has 3 nitrogen and oxygen atoms in total. The number of carbonyl (C=O) groups is 1. The van der Waals surface area contributed by atoms with E-state index in [1.54, 1.807) is 18.5 Å². The minimum absolute atomic E-state index is 0.0734. The molecule has 0 fully saturated rings. The summed E-state index contributed by atoms with van der Waals surface area (Å²) < 4.78 is 0. The third-order valence-corrected chi connectivity index (χ3v) is 1.92. The second kappa shape index (κ2) is 5.17. The molecule has 0 aliphatic heterocycles. The summed E-state index contributed by atoms with van der Waals surface area (Å²) in [6.45, 7) is 4.34. The fourth-order valence-electron chi connectivity index (χ4n) is 1.07. The van der Waals surface area contributed by atoms with Gasteiger partial charge < -0.3 is 5.32 Å². The zero-order valence-corrected chi connectivity index (χ0v) is 8.45. The molecule has 14 heavy (non-hydrogen) atoms. The summed E-state index contributed by atoms with van der Waals surface area (Å²) in [5.41, 5.74) is 2.19. The Morgan fingerprint density at radius 2 is 2.43 bits per heavy atom. The molecule has 0 aliphatic carbocycles. The van der Waals surface area contributed by atoms with Crippen molar-refractivity contribution in [2.45, 2.75) is 20.4 Å². The Kier molecular flexibility index (Phi) is 3.85. The van der Waals surface area contributed by atoms with Crippen LogP contribution in [0.15, 0.2) is 30.6 Å². The van der Waals surface area contributed by atoms with Crippen molar-refractivity contribution in [3.8, 4) is 0 Å². The second-order valence-corrected chi connectivity index (χ2v) is 3.02. The number of nitrogens with zero attached hydrogens (tertiary/aromatic N) is 1. The number of nitrogens with one attached hydrogen (secondary N) is 1. The Hall–Kier alpha value is -1.64. The van der Waals surface area contributed by atoms with E-state index in [0.717, 1.165) is 11.1 Å². The molecule has 1 aromatic heterocycles. The molecule has 0 saturated heterocycles. The van der Waals surface area contributed by atoms with Gasteiger partial charge in [-0.3, -0.25) is 9.78 Å². The van der Waals surface area contributed by atoms with Crippen molar-refractivity contribution < 1.29 is 4.79 Å². The molecule has 1 heterocycles. The first kappa shape index (κ1) is 10.4. The predicted octanol–water partition coefficient (Wildman–Crippen LogP) is 1.58. The normalized spacial score (nSPS) is 10.4. The monoisotopic (exact) mass is 190 g/mol. The van der Waals surface area contributed by atoms with E-state index in [9.17, 15) is 4.79 Å². The van der Waals surface area contributed by atoms with Gasteiger partial charge in [-0.05, 0) is 37.1 Å². The van der Waals surface area contributed by atoms with E-state index in [1.165, 1.54) is 6.08 Å². The SMILES string of the molecule is C/C=C/C(=O)NCc1cnccc1C. The van der Waals surface area contributed by atoms with Crippen LogP contribution in [-0.4, -0.2) is 10.9 Å². The fraction of sp³-hybridized carbons (Fsp3) is 0.273. The molecule has 1 N–H and O–H groups in total. The van der Waals surface area contributed by atoms with E-state index in [1.807, 2.05) is 19.9 Å². The van der Waals surface area contributed by atoms with Crippen LogP contribution in [0.3, 0.4) is 0 Å². The maximum Gasteiger partial charge on any atom is 0.243 e. The number of aromatic nitrogens is 1. The standard InChI is InChI=1S/C11H14N2O/c1-3-4-11(14)13-8-10-7-12-6-5-9(10)2/h3-7H,8H2,1-2H3,(H,13,14)/b4-3+.